The molecular formula is C24H21NO2. The number of carbonyl (C=O) groups excluding carboxylic acids is 1. The number of nitrogens with zero attached hydrogens (tertiary/aromatic N) is 1. The van der Waals surface area contributed by atoms with Crippen molar-refractivity contribution in [3.63, 3.8) is 0 Å². The molecule has 0 N–H and O–H groups in total. The molecule has 0 fully saturated rings. The molecule has 3 rings (SSSR count). The van der Waals surface area contributed by atoms with E-state index in [9.17, 15) is 4.79 Å². The van der Waals surface area contributed by atoms with Crippen molar-refractivity contribution in [3.8, 4) is 22.9 Å². The smallest absolute Gasteiger partial charge is 0.203 e. The zero-order valence-corrected chi connectivity index (χ0v) is 15.7. The van der Waals surface area contributed by atoms with Crippen LogP contribution in [0, 0.1) is 25.2 Å². The Morgan fingerprint density at radius 1 is 0.889 bits per heavy atom. The van der Waals surface area contributed by atoms with E-state index in [2.05, 4.69) is 6.07 Å². The van der Waals surface area contributed by atoms with Gasteiger partial charge in [-0.15, -0.1) is 0 Å². The molecule has 0 aliphatic heterocycles. The Bertz CT molecular complexity index is 996. The highest BCUT2D eigenvalue weighted by Crippen LogP contribution is 2.24. The second kappa shape index (κ2) is 7.88. The Hall–Kier alpha value is -3.38. The summed E-state index contributed by atoms with van der Waals surface area (Å²) in [5.74, 6) is 0.617. The minimum Gasteiger partial charge on any atom is -0.483 e. The highest BCUT2D eigenvalue weighted by Gasteiger charge is 2.17. The van der Waals surface area contributed by atoms with Crippen LogP contribution in [0.4, 0.5) is 0 Å². The summed E-state index contributed by atoms with van der Waals surface area (Å²) in [7, 11) is 0. The number of Topliss-reactive ketones (excluding diaryl/α,β-unsaturated/α-hetero) is 1. The van der Waals surface area contributed by atoms with E-state index in [4.69, 9.17) is 10.00 Å². The summed E-state index contributed by atoms with van der Waals surface area (Å²) < 4.78 is 5.84. The van der Waals surface area contributed by atoms with Gasteiger partial charge < -0.3 is 4.74 Å². The molecule has 0 aliphatic rings. The lowest BCUT2D eigenvalue weighted by Gasteiger charge is -2.15. The van der Waals surface area contributed by atoms with E-state index in [1.165, 1.54) is 5.56 Å². The molecule has 0 radical (unpaired) electrons. The maximum absolute atomic E-state index is 12.6. The fraction of sp³-hybridized carbons (Fsp3) is 0.167. The molecule has 1 atom stereocenters. The first-order chi connectivity index (χ1) is 13.0. The lowest BCUT2D eigenvalue weighted by Crippen LogP contribution is -2.24. The van der Waals surface area contributed by atoms with E-state index in [0.717, 1.165) is 16.7 Å². The molecule has 134 valence electrons. The second-order valence-electron chi connectivity index (χ2n) is 6.64. The van der Waals surface area contributed by atoms with Crippen molar-refractivity contribution >= 4 is 5.78 Å². The Morgan fingerprint density at radius 3 is 2.04 bits per heavy atom. The van der Waals surface area contributed by atoms with Crippen LogP contribution in [0.15, 0.2) is 66.7 Å². The van der Waals surface area contributed by atoms with Crippen LogP contribution in [0.25, 0.3) is 11.1 Å². The van der Waals surface area contributed by atoms with E-state index in [1.807, 2.05) is 68.4 Å². The molecule has 0 heterocycles. The third-order valence-corrected chi connectivity index (χ3v) is 4.68. The Kier molecular flexibility index (Phi) is 5.38. The molecule has 27 heavy (non-hydrogen) atoms. The molecule has 3 aromatic carbocycles. The summed E-state index contributed by atoms with van der Waals surface area (Å²) in [6.07, 6.45) is -0.562. The molecule has 0 saturated heterocycles. The summed E-state index contributed by atoms with van der Waals surface area (Å²) in [4.78, 5) is 12.6. The number of hydrogen-bond acceptors (Lipinski definition) is 3. The number of aryl methyl sites for hydroxylation is 2. The number of hydrogen-bond donors (Lipinski definition) is 0. The summed E-state index contributed by atoms with van der Waals surface area (Å²) in [5, 5.41) is 8.88. The molecule has 0 aromatic heterocycles. The van der Waals surface area contributed by atoms with Crippen molar-refractivity contribution in [1.29, 1.82) is 5.26 Å². The maximum Gasteiger partial charge on any atom is 0.203 e. The molecule has 0 aliphatic carbocycles. The van der Waals surface area contributed by atoms with Crippen molar-refractivity contribution in [3.05, 3.63) is 89.0 Å². The molecule has 3 heteroatoms. The van der Waals surface area contributed by atoms with Gasteiger partial charge in [0.05, 0.1) is 11.6 Å². The predicted octanol–water partition coefficient (Wildman–Crippen LogP) is 5.49. The van der Waals surface area contributed by atoms with Crippen LogP contribution >= 0.6 is 0 Å². The SMILES string of the molecule is Cc1ccc(C(=O)[C@H](C)Oc2ccc(-c3ccc(C#N)cc3)cc2)cc1C. The largest absolute Gasteiger partial charge is 0.483 e. The monoisotopic (exact) mass is 355 g/mol. The van der Waals surface area contributed by atoms with Gasteiger partial charge in [0.15, 0.2) is 6.10 Å². The van der Waals surface area contributed by atoms with Crippen LogP contribution in [0.5, 0.6) is 5.75 Å². The molecule has 0 saturated carbocycles. The Morgan fingerprint density at radius 2 is 1.48 bits per heavy atom. The average Bonchev–Trinajstić information content (AvgIpc) is 2.70. The summed E-state index contributed by atoms with van der Waals surface area (Å²) in [6.45, 7) is 5.80. The second-order valence-corrected chi connectivity index (χ2v) is 6.64. The van der Waals surface area contributed by atoms with Crippen molar-refractivity contribution in [2.45, 2.75) is 26.9 Å². The lowest BCUT2D eigenvalue weighted by atomic mass is 10.0. The first-order valence-corrected chi connectivity index (χ1v) is 8.86. The van der Waals surface area contributed by atoms with Gasteiger partial charge in [-0.05, 0) is 73.4 Å². The first-order valence-electron chi connectivity index (χ1n) is 8.86. The Labute approximate surface area is 159 Å². The maximum atomic E-state index is 12.6. The van der Waals surface area contributed by atoms with Crippen LogP contribution < -0.4 is 4.74 Å². The molecule has 0 spiro atoms. The van der Waals surface area contributed by atoms with Gasteiger partial charge in [-0.2, -0.15) is 5.26 Å². The van der Waals surface area contributed by atoms with Crippen LogP contribution in [0.2, 0.25) is 0 Å². The van der Waals surface area contributed by atoms with Crippen molar-refractivity contribution in [2.24, 2.45) is 0 Å². The number of ketones is 1. The summed E-state index contributed by atoms with van der Waals surface area (Å²) >= 11 is 0. The van der Waals surface area contributed by atoms with E-state index in [-0.39, 0.29) is 5.78 Å². The van der Waals surface area contributed by atoms with Gasteiger partial charge >= 0.3 is 0 Å². The zero-order valence-electron chi connectivity index (χ0n) is 15.7. The highest BCUT2D eigenvalue weighted by molar-refractivity contribution is 5.99. The van der Waals surface area contributed by atoms with E-state index >= 15 is 0 Å². The zero-order chi connectivity index (χ0) is 19.4. The van der Waals surface area contributed by atoms with Crippen molar-refractivity contribution in [1.82, 2.24) is 0 Å². The van der Waals surface area contributed by atoms with Gasteiger partial charge in [0.2, 0.25) is 5.78 Å². The lowest BCUT2D eigenvalue weighted by molar-refractivity contribution is 0.0818. The molecule has 3 nitrogen and oxygen atoms in total. The van der Waals surface area contributed by atoms with Gasteiger partial charge in [-0.1, -0.05) is 36.4 Å². The fourth-order valence-corrected chi connectivity index (χ4v) is 2.85. The third kappa shape index (κ3) is 4.24. The number of nitriles is 1. The van der Waals surface area contributed by atoms with Gasteiger partial charge in [0.1, 0.15) is 5.75 Å². The summed E-state index contributed by atoms with van der Waals surface area (Å²) in [6, 6.07) is 22.9. The van der Waals surface area contributed by atoms with Crippen LogP contribution in [-0.4, -0.2) is 11.9 Å². The van der Waals surface area contributed by atoms with Crippen molar-refractivity contribution < 1.29 is 9.53 Å². The van der Waals surface area contributed by atoms with Crippen molar-refractivity contribution in [2.75, 3.05) is 0 Å². The highest BCUT2D eigenvalue weighted by atomic mass is 16.5. The Balaban J connectivity index is 1.70. The van der Waals surface area contributed by atoms with E-state index in [0.29, 0.717) is 16.9 Å². The van der Waals surface area contributed by atoms with Crippen LogP contribution in [0.3, 0.4) is 0 Å². The molecular weight excluding hydrogens is 334 g/mol. The fourth-order valence-electron chi connectivity index (χ4n) is 2.85. The molecule has 0 bridgehead atoms. The van der Waals surface area contributed by atoms with Crippen LogP contribution in [0.1, 0.15) is 34.0 Å². The van der Waals surface area contributed by atoms with E-state index < -0.39 is 6.10 Å². The van der Waals surface area contributed by atoms with Crippen LogP contribution in [-0.2, 0) is 0 Å². The predicted molar refractivity (Wildman–Crippen MR) is 107 cm³/mol. The van der Waals surface area contributed by atoms with Gasteiger partial charge in [0, 0.05) is 5.56 Å². The van der Waals surface area contributed by atoms with Gasteiger partial charge in [0.25, 0.3) is 0 Å². The number of rotatable bonds is 5. The quantitative estimate of drug-likeness (QED) is 0.568. The minimum atomic E-state index is -0.562. The molecule has 3 aromatic rings. The number of benzene rings is 3. The summed E-state index contributed by atoms with van der Waals surface area (Å²) in [5.41, 5.74) is 5.62. The topological polar surface area (TPSA) is 50.1 Å². The molecule has 0 unspecified atom stereocenters. The standard InChI is InChI=1S/C24H21NO2/c1-16-4-7-22(14-17(16)2)24(26)18(3)27-23-12-10-21(11-13-23)20-8-5-19(15-25)6-9-20/h4-14,18H,1-3H3/t18-/m0/s1. The average molecular weight is 355 g/mol. The first kappa shape index (κ1) is 18.4. The van der Waals surface area contributed by atoms with Gasteiger partial charge in [-0.3, -0.25) is 4.79 Å². The normalized spacial score (nSPS) is 11.5. The number of carbonyl (C=O) groups is 1. The van der Waals surface area contributed by atoms with E-state index in [1.54, 1.807) is 19.1 Å². The van der Waals surface area contributed by atoms with Gasteiger partial charge in [-0.25, -0.2) is 0 Å². The minimum absolute atomic E-state index is 0.0331. The molecule has 0 amide bonds. The number of ether oxygens (including phenoxy) is 1. The third-order valence-electron chi connectivity index (χ3n) is 4.68.